The van der Waals surface area contributed by atoms with E-state index >= 15 is 0 Å². The fourth-order valence-corrected chi connectivity index (χ4v) is 0.725. The van der Waals surface area contributed by atoms with Crippen molar-refractivity contribution < 1.29 is 9.65 Å². The first-order valence-corrected chi connectivity index (χ1v) is 2.96. The van der Waals surface area contributed by atoms with Gasteiger partial charge >= 0.3 is 5.82 Å². The van der Waals surface area contributed by atoms with Crippen LogP contribution in [0.1, 0.15) is 5.69 Å². The van der Waals surface area contributed by atoms with Crippen molar-refractivity contribution in [1.82, 2.24) is 0 Å². The average molecular weight is 154 g/mol. The minimum absolute atomic E-state index is 0.292. The van der Waals surface area contributed by atoms with E-state index in [1.54, 1.807) is 0 Å². The molecular formula is C6H6N2O3. The second-order valence-electron chi connectivity index (χ2n) is 2.08. The van der Waals surface area contributed by atoms with Crippen LogP contribution in [0.4, 0.5) is 5.82 Å². The molecule has 1 heterocycles. The zero-order chi connectivity index (χ0) is 8.43. The van der Waals surface area contributed by atoms with Crippen molar-refractivity contribution in [2.24, 2.45) is 0 Å². The molecule has 1 aromatic rings. The minimum Gasteiger partial charge on any atom is -0.614 e. The second-order valence-corrected chi connectivity index (χ2v) is 2.08. The normalized spacial score (nSPS) is 9.55. The Bertz CT molecular complexity index is 298. The van der Waals surface area contributed by atoms with E-state index in [0.717, 1.165) is 0 Å². The Morgan fingerprint density at radius 3 is 2.64 bits per heavy atom. The molecule has 0 spiro atoms. The van der Waals surface area contributed by atoms with Crippen LogP contribution >= 0.6 is 0 Å². The van der Waals surface area contributed by atoms with Crippen LogP contribution in [-0.2, 0) is 0 Å². The molecule has 0 saturated carbocycles. The van der Waals surface area contributed by atoms with Gasteiger partial charge in [0.15, 0.2) is 5.69 Å². The molecular weight excluding hydrogens is 148 g/mol. The van der Waals surface area contributed by atoms with E-state index in [1.165, 1.54) is 25.1 Å². The van der Waals surface area contributed by atoms with Crippen LogP contribution in [0.3, 0.4) is 0 Å². The summed E-state index contributed by atoms with van der Waals surface area (Å²) in [5.74, 6) is -0.440. The smallest absolute Gasteiger partial charge is 0.512 e. The Kier molecular flexibility index (Phi) is 1.72. The molecule has 0 aromatic carbocycles. The Morgan fingerprint density at radius 1 is 1.55 bits per heavy atom. The summed E-state index contributed by atoms with van der Waals surface area (Å²) in [7, 11) is 0. The topological polar surface area (TPSA) is 70.1 Å². The molecule has 0 N–H and O–H groups in total. The Morgan fingerprint density at radius 2 is 2.18 bits per heavy atom. The maximum Gasteiger partial charge on any atom is 0.512 e. The van der Waals surface area contributed by atoms with Crippen molar-refractivity contribution in [3.63, 3.8) is 0 Å². The van der Waals surface area contributed by atoms with Gasteiger partial charge in [0.1, 0.15) is 4.92 Å². The maximum absolute atomic E-state index is 10.9. The minimum atomic E-state index is -0.708. The highest BCUT2D eigenvalue weighted by Gasteiger charge is 2.17. The third kappa shape index (κ3) is 1.26. The van der Waals surface area contributed by atoms with Crippen LogP contribution in [0.15, 0.2) is 18.2 Å². The lowest BCUT2D eigenvalue weighted by atomic mass is 10.4. The maximum atomic E-state index is 10.9. The summed E-state index contributed by atoms with van der Waals surface area (Å²) in [6.07, 6.45) is 0. The van der Waals surface area contributed by atoms with E-state index in [0.29, 0.717) is 10.4 Å². The predicted octanol–water partition coefficient (Wildman–Crippen LogP) is 0.537. The van der Waals surface area contributed by atoms with Gasteiger partial charge in [0.25, 0.3) is 0 Å². The fourth-order valence-electron chi connectivity index (χ4n) is 0.725. The molecule has 0 unspecified atom stereocenters. The highest BCUT2D eigenvalue weighted by atomic mass is 16.6. The molecule has 0 aliphatic rings. The summed E-state index contributed by atoms with van der Waals surface area (Å²) >= 11 is 0. The van der Waals surface area contributed by atoms with Gasteiger partial charge in [0.05, 0.1) is 6.07 Å². The molecule has 0 amide bonds. The molecule has 0 radical (unpaired) electrons. The number of nitro groups is 1. The van der Waals surface area contributed by atoms with Gasteiger partial charge < -0.3 is 5.21 Å². The van der Waals surface area contributed by atoms with Crippen LogP contribution in [0, 0.1) is 22.2 Å². The molecule has 0 fully saturated rings. The number of nitrogens with zero attached hydrogens (tertiary/aromatic N) is 2. The lowest BCUT2D eigenvalue weighted by Gasteiger charge is -1.97. The number of pyridine rings is 1. The quantitative estimate of drug-likeness (QED) is 0.256. The van der Waals surface area contributed by atoms with Crippen LogP contribution in [-0.4, -0.2) is 4.92 Å². The molecule has 5 nitrogen and oxygen atoms in total. The lowest BCUT2D eigenvalue weighted by molar-refractivity contribution is -0.669. The fraction of sp³-hybridized carbons (Fsp3) is 0.167. The van der Waals surface area contributed by atoms with Crippen molar-refractivity contribution in [3.05, 3.63) is 39.2 Å². The molecule has 0 aliphatic carbocycles. The van der Waals surface area contributed by atoms with E-state index in [-0.39, 0.29) is 0 Å². The first-order valence-electron chi connectivity index (χ1n) is 2.96. The third-order valence-corrected chi connectivity index (χ3v) is 1.30. The number of rotatable bonds is 1. The standard InChI is InChI=1S/C6H6N2O3/c1-5-3-2-4-6(7(5)9)8(10)11/h2-4H,1H3. The monoisotopic (exact) mass is 154 g/mol. The van der Waals surface area contributed by atoms with Crippen molar-refractivity contribution in [2.45, 2.75) is 6.92 Å². The van der Waals surface area contributed by atoms with Crippen molar-refractivity contribution >= 4 is 5.82 Å². The van der Waals surface area contributed by atoms with Gasteiger partial charge in [-0.15, -0.1) is 4.73 Å². The SMILES string of the molecule is Cc1cccc([N+](=O)[O-])[n+]1[O-]. The highest BCUT2D eigenvalue weighted by Crippen LogP contribution is 2.02. The number of aromatic nitrogens is 1. The van der Waals surface area contributed by atoms with Gasteiger partial charge in [-0.2, -0.15) is 0 Å². The zero-order valence-corrected chi connectivity index (χ0v) is 5.85. The predicted molar refractivity (Wildman–Crippen MR) is 36.8 cm³/mol. The van der Waals surface area contributed by atoms with E-state index in [2.05, 4.69) is 0 Å². The van der Waals surface area contributed by atoms with Crippen LogP contribution in [0.5, 0.6) is 0 Å². The highest BCUT2D eigenvalue weighted by molar-refractivity contribution is 5.13. The molecule has 58 valence electrons. The van der Waals surface area contributed by atoms with E-state index in [9.17, 15) is 15.3 Å². The first kappa shape index (κ1) is 7.46. The summed E-state index contributed by atoms with van der Waals surface area (Å²) in [5.41, 5.74) is 0.319. The van der Waals surface area contributed by atoms with Gasteiger partial charge in [-0.05, 0) is 6.07 Å². The van der Waals surface area contributed by atoms with Gasteiger partial charge in [0.2, 0.25) is 0 Å². The molecule has 1 aromatic heterocycles. The molecule has 1 rings (SSSR count). The summed E-state index contributed by atoms with van der Waals surface area (Å²) in [5, 5.41) is 21.0. The molecule has 5 heteroatoms. The average Bonchev–Trinajstić information content (AvgIpc) is 1.94. The summed E-state index contributed by atoms with van der Waals surface area (Å²) < 4.78 is 0.292. The summed E-state index contributed by atoms with van der Waals surface area (Å²) in [6, 6.07) is 4.15. The van der Waals surface area contributed by atoms with E-state index < -0.39 is 10.7 Å². The van der Waals surface area contributed by atoms with Crippen molar-refractivity contribution in [1.29, 1.82) is 0 Å². The molecule has 0 aliphatic heterocycles. The van der Waals surface area contributed by atoms with Crippen LogP contribution in [0.25, 0.3) is 0 Å². The Hall–Kier alpha value is -1.65. The number of aryl methyl sites for hydroxylation is 1. The van der Waals surface area contributed by atoms with Crippen molar-refractivity contribution in [3.8, 4) is 0 Å². The van der Waals surface area contributed by atoms with E-state index in [4.69, 9.17) is 0 Å². The summed E-state index contributed by atoms with van der Waals surface area (Å²) in [6.45, 7) is 1.51. The Balaban J connectivity index is 3.27. The number of hydrogen-bond donors (Lipinski definition) is 0. The first-order chi connectivity index (χ1) is 5.13. The van der Waals surface area contributed by atoms with Gasteiger partial charge in [-0.25, -0.2) is 0 Å². The number of hydrogen-bond acceptors (Lipinski definition) is 3. The zero-order valence-electron chi connectivity index (χ0n) is 5.85. The van der Waals surface area contributed by atoms with Crippen LogP contribution < -0.4 is 4.73 Å². The van der Waals surface area contributed by atoms with Crippen molar-refractivity contribution in [2.75, 3.05) is 0 Å². The second kappa shape index (κ2) is 2.53. The Labute approximate surface area is 62.6 Å². The van der Waals surface area contributed by atoms with Gasteiger partial charge in [0, 0.05) is 13.0 Å². The lowest BCUT2D eigenvalue weighted by Crippen LogP contribution is -2.32. The largest absolute Gasteiger partial charge is 0.614 e. The van der Waals surface area contributed by atoms with Crippen LogP contribution in [0.2, 0.25) is 0 Å². The molecule has 0 bridgehead atoms. The van der Waals surface area contributed by atoms with E-state index in [1.807, 2.05) is 0 Å². The molecule has 0 saturated heterocycles. The third-order valence-electron chi connectivity index (χ3n) is 1.30. The molecule has 0 atom stereocenters. The van der Waals surface area contributed by atoms with Gasteiger partial charge in [-0.1, -0.05) is 0 Å². The van der Waals surface area contributed by atoms with Gasteiger partial charge in [-0.3, -0.25) is 10.1 Å². The summed E-state index contributed by atoms with van der Waals surface area (Å²) in [4.78, 5) is 9.45. The molecule has 11 heavy (non-hydrogen) atoms.